The van der Waals surface area contributed by atoms with Crippen LogP contribution in [0.4, 0.5) is 5.69 Å². The molecular formula is C24H24N4O5S. The van der Waals surface area contributed by atoms with Crippen LogP contribution in [0, 0.1) is 0 Å². The molecule has 0 spiro atoms. The van der Waals surface area contributed by atoms with Crippen LogP contribution in [-0.2, 0) is 9.59 Å². The quantitative estimate of drug-likeness (QED) is 0.615. The monoisotopic (exact) mass is 480 g/mol. The van der Waals surface area contributed by atoms with E-state index in [9.17, 15) is 14.4 Å². The fraction of sp³-hybridized carbons (Fsp3) is 0.375. The van der Waals surface area contributed by atoms with Crippen molar-refractivity contribution >= 4 is 35.2 Å². The standard InChI is InChI=1S/C24H24N4O5S/c29-22(18-10-34-11-25-18)26-15-5-6-28-19(9-15)23(30)27-17-3-1-13(7-16(17)24(28)31)14-2-4-20-21(8-14)33-12-32-20/h1-4,7-8,15,18-19,25H,5-6,9-12H2,(H,26,29)(H,27,30). The molecule has 9 nitrogen and oxygen atoms in total. The Balaban J connectivity index is 1.23. The molecule has 2 aromatic rings. The third-order valence-electron chi connectivity index (χ3n) is 6.76. The summed E-state index contributed by atoms with van der Waals surface area (Å²) in [6.07, 6.45) is 1.00. The Morgan fingerprint density at radius 1 is 1.09 bits per heavy atom. The van der Waals surface area contributed by atoms with Crippen LogP contribution in [0.15, 0.2) is 36.4 Å². The number of nitrogens with zero attached hydrogens (tertiary/aromatic N) is 1. The zero-order valence-corrected chi connectivity index (χ0v) is 19.2. The summed E-state index contributed by atoms with van der Waals surface area (Å²) in [5.74, 6) is 2.43. The molecule has 176 valence electrons. The molecule has 2 saturated heterocycles. The van der Waals surface area contributed by atoms with E-state index in [2.05, 4.69) is 16.0 Å². The third kappa shape index (κ3) is 3.76. The lowest BCUT2D eigenvalue weighted by Gasteiger charge is -2.37. The number of nitrogens with one attached hydrogen (secondary N) is 3. The molecule has 0 saturated carbocycles. The predicted octanol–water partition coefficient (Wildman–Crippen LogP) is 1.79. The van der Waals surface area contributed by atoms with Crippen LogP contribution in [0.3, 0.4) is 0 Å². The van der Waals surface area contributed by atoms with Gasteiger partial charge < -0.3 is 25.0 Å². The Bertz CT molecular complexity index is 1180. The second-order valence-electron chi connectivity index (χ2n) is 8.83. The van der Waals surface area contributed by atoms with Gasteiger partial charge in [0.15, 0.2) is 11.5 Å². The summed E-state index contributed by atoms with van der Waals surface area (Å²) in [6.45, 7) is 0.601. The van der Waals surface area contributed by atoms with Gasteiger partial charge in [-0.3, -0.25) is 19.7 Å². The van der Waals surface area contributed by atoms with Gasteiger partial charge in [-0.25, -0.2) is 0 Å². The van der Waals surface area contributed by atoms with E-state index in [-0.39, 0.29) is 36.6 Å². The maximum atomic E-state index is 13.5. The molecule has 0 bridgehead atoms. The summed E-state index contributed by atoms with van der Waals surface area (Å²) in [5.41, 5.74) is 2.71. The second kappa shape index (κ2) is 8.52. The summed E-state index contributed by atoms with van der Waals surface area (Å²) >= 11 is 1.69. The number of hydrogen-bond acceptors (Lipinski definition) is 7. The van der Waals surface area contributed by atoms with Gasteiger partial charge in [-0.2, -0.15) is 0 Å². The van der Waals surface area contributed by atoms with Crippen LogP contribution in [0.25, 0.3) is 11.1 Å². The SMILES string of the molecule is O=C(NC1CCN2C(=O)c3cc(-c4ccc5c(c4)OCO5)ccc3NC(=O)C2C1)C1CSCN1. The number of carbonyl (C=O) groups excluding carboxylic acids is 3. The Morgan fingerprint density at radius 2 is 1.91 bits per heavy atom. The van der Waals surface area contributed by atoms with Crippen LogP contribution in [-0.4, -0.2) is 65.7 Å². The number of thioether (sulfide) groups is 1. The zero-order valence-electron chi connectivity index (χ0n) is 18.3. The van der Waals surface area contributed by atoms with Gasteiger partial charge in [0.2, 0.25) is 18.6 Å². The van der Waals surface area contributed by atoms with Crippen molar-refractivity contribution in [3.05, 3.63) is 42.0 Å². The highest BCUT2D eigenvalue weighted by molar-refractivity contribution is 7.99. The van der Waals surface area contributed by atoms with Gasteiger partial charge in [-0.05, 0) is 48.2 Å². The molecule has 0 aromatic heterocycles. The molecule has 2 fully saturated rings. The van der Waals surface area contributed by atoms with Crippen molar-refractivity contribution < 1.29 is 23.9 Å². The molecule has 3 unspecified atom stereocenters. The zero-order chi connectivity index (χ0) is 23.2. The summed E-state index contributed by atoms with van der Waals surface area (Å²) in [5, 5.41) is 9.16. The van der Waals surface area contributed by atoms with Gasteiger partial charge in [-0.1, -0.05) is 12.1 Å². The van der Waals surface area contributed by atoms with Crippen LogP contribution < -0.4 is 25.4 Å². The average Bonchev–Trinajstić information content (AvgIpc) is 3.54. The van der Waals surface area contributed by atoms with E-state index in [1.807, 2.05) is 30.3 Å². The highest BCUT2D eigenvalue weighted by Crippen LogP contribution is 2.37. The highest BCUT2D eigenvalue weighted by atomic mass is 32.2. The average molecular weight is 481 g/mol. The number of fused-ring (bicyclic) bond motifs is 3. The van der Waals surface area contributed by atoms with Gasteiger partial charge in [-0.15, -0.1) is 11.8 Å². The van der Waals surface area contributed by atoms with Gasteiger partial charge >= 0.3 is 0 Å². The first-order chi connectivity index (χ1) is 16.6. The normalized spacial score (nSPS) is 25.3. The van der Waals surface area contributed by atoms with Crippen LogP contribution in [0.5, 0.6) is 11.5 Å². The first kappa shape index (κ1) is 21.3. The highest BCUT2D eigenvalue weighted by Gasteiger charge is 2.40. The van der Waals surface area contributed by atoms with Crippen molar-refractivity contribution in [1.82, 2.24) is 15.5 Å². The Kier molecular flexibility index (Phi) is 5.34. The first-order valence-corrected chi connectivity index (χ1v) is 12.5. The molecule has 0 aliphatic carbocycles. The Morgan fingerprint density at radius 3 is 2.76 bits per heavy atom. The molecular weight excluding hydrogens is 456 g/mol. The summed E-state index contributed by atoms with van der Waals surface area (Å²) < 4.78 is 10.9. The number of piperidine rings is 1. The Labute approximate surface area is 200 Å². The van der Waals surface area contributed by atoms with Crippen molar-refractivity contribution in [1.29, 1.82) is 0 Å². The number of benzene rings is 2. The van der Waals surface area contributed by atoms with Crippen LogP contribution in [0.1, 0.15) is 23.2 Å². The van der Waals surface area contributed by atoms with Gasteiger partial charge in [0.1, 0.15) is 6.04 Å². The van der Waals surface area contributed by atoms with Crippen molar-refractivity contribution in [3.63, 3.8) is 0 Å². The number of rotatable bonds is 3. The molecule has 4 aliphatic rings. The van der Waals surface area contributed by atoms with Gasteiger partial charge in [0.25, 0.3) is 5.91 Å². The largest absolute Gasteiger partial charge is 0.454 e. The van der Waals surface area contributed by atoms with Crippen molar-refractivity contribution in [2.75, 3.05) is 30.3 Å². The lowest BCUT2D eigenvalue weighted by molar-refractivity contribution is -0.125. The maximum absolute atomic E-state index is 13.5. The molecule has 2 aromatic carbocycles. The smallest absolute Gasteiger partial charge is 0.256 e. The lowest BCUT2D eigenvalue weighted by atomic mass is 9.95. The topological polar surface area (TPSA) is 109 Å². The summed E-state index contributed by atoms with van der Waals surface area (Å²) in [7, 11) is 0. The molecule has 6 rings (SSSR count). The summed E-state index contributed by atoms with van der Waals surface area (Å²) in [6, 6.07) is 10.1. The van der Waals surface area contributed by atoms with E-state index < -0.39 is 6.04 Å². The third-order valence-corrected chi connectivity index (χ3v) is 7.70. The number of carbonyl (C=O) groups is 3. The minimum atomic E-state index is -0.626. The number of ether oxygens (including phenoxy) is 2. The summed E-state index contributed by atoms with van der Waals surface area (Å²) in [4.78, 5) is 40.7. The van der Waals surface area contributed by atoms with Gasteiger partial charge in [0.05, 0.1) is 17.3 Å². The van der Waals surface area contributed by atoms with Crippen molar-refractivity contribution in [2.24, 2.45) is 0 Å². The number of anilines is 1. The number of amides is 3. The van der Waals surface area contributed by atoms with E-state index in [1.165, 1.54) is 0 Å². The van der Waals surface area contributed by atoms with E-state index in [1.54, 1.807) is 22.7 Å². The van der Waals surface area contributed by atoms with E-state index >= 15 is 0 Å². The Hall–Kier alpha value is -3.24. The fourth-order valence-electron chi connectivity index (χ4n) is 4.91. The van der Waals surface area contributed by atoms with E-state index in [0.717, 1.165) is 22.8 Å². The molecule has 0 radical (unpaired) electrons. The molecule has 4 aliphatic heterocycles. The molecule has 4 heterocycles. The van der Waals surface area contributed by atoms with Crippen molar-refractivity contribution in [2.45, 2.75) is 31.0 Å². The molecule has 10 heteroatoms. The first-order valence-electron chi connectivity index (χ1n) is 11.3. The molecule has 3 atom stereocenters. The fourth-order valence-corrected chi connectivity index (χ4v) is 5.85. The lowest BCUT2D eigenvalue weighted by Crippen LogP contribution is -2.56. The maximum Gasteiger partial charge on any atom is 0.256 e. The van der Waals surface area contributed by atoms with Crippen LogP contribution in [0.2, 0.25) is 0 Å². The predicted molar refractivity (Wildman–Crippen MR) is 127 cm³/mol. The van der Waals surface area contributed by atoms with Crippen molar-refractivity contribution in [3.8, 4) is 22.6 Å². The number of hydrogen-bond donors (Lipinski definition) is 3. The van der Waals surface area contributed by atoms with Crippen LogP contribution >= 0.6 is 11.8 Å². The minimum absolute atomic E-state index is 0.0412. The van der Waals surface area contributed by atoms with Gasteiger partial charge in [0, 0.05) is 24.2 Å². The molecule has 34 heavy (non-hydrogen) atoms. The second-order valence-corrected chi connectivity index (χ2v) is 9.86. The molecule has 3 N–H and O–H groups in total. The molecule has 3 amide bonds. The minimum Gasteiger partial charge on any atom is -0.454 e. The van der Waals surface area contributed by atoms with E-state index in [0.29, 0.717) is 42.1 Å². The van der Waals surface area contributed by atoms with E-state index in [4.69, 9.17) is 9.47 Å².